The highest BCUT2D eigenvalue weighted by Crippen LogP contribution is 2.38. The number of esters is 1. The van der Waals surface area contributed by atoms with Crippen LogP contribution in [0.3, 0.4) is 0 Å². The lowest BCUT2D eigenvalue weighted by molar-refractivity contribution is -0.265. The first-order valence-electron chi connectivity index (χ1n) is 32.3. The Morgan fingerprint density at radius 2 is 1.50 bits per heavy atom. The maximum Gasteiger partial charge on any atom is 0.410 e. The van der Waals surface area contributed by atoms with E-state index in [1.54, 1.807) is 59.1 Å². The van der Waals surface area contributed by atoms with Gasteiger partial charge < -0.3 is 64.0 Å². The maximum atomic E-state index is 14.7. The van der Waals surface area contributed by atoms with Crippen LogP contribution in [-0.2, 0) is 65.4 Å². The number of piperidine rings is 1. The number of amides is 2. The van der Waals surface area contributed by atoms with Crippen molar-refractivity contribution in [3.8, 4) is 0 Å². The molecule has 0 aromatic carbocycles. The van der Waals surface area contributed by atoms with Gasteiger partial charge in [0, 0.05) is 128 Å². The van der Waals surface area contributed by atoms with Crippen LogP contribution in [0.2, 0.25) is 0 Å². The molecule has 90 heavy (non-hydrogen) atoms. The van der Waals surface area contributed by atoms with E-state index in [1.165, 1.54) is 7.11 Å². The van der Waals surface area contributed by atoms with Gasteiger partial charge in [-0.1, -0.05) is 64.2 Å². The fraction of sp³-hybridized carbons (Fsp3) is 0.672. The molecule has 2 aromatic heterocycles. The minimum absolute atomic E-state index is 0.0165. The number of aryl methyl sites for hydroxylation is 1. The van der Waals surface area contributed by atoms with Crippen LogP contribution in [-0.4, -0.2) is 196 Å². The third-order valence-corrected chi connectivity index (χ3v) is 19.2. The summed E-state index contributed by atoms with van der Waals surface area (Å²) >= 11 is 0. The number of allylic oxidation sites excluding steroid dienone is 6. The Hall–Kier alpha value is -6.34. The van der Waals surface area contributed by atoms with Crippen molar-refractivity contribution in [1.82, 2.24) is 29.7 Å². The highest BCUT2D eigenvalue weighted by Gasteiger charge is 2.53. The molecule has 8 rings (SSSR count). The van der Waals surface area contributed by atoms with E-state index in [2.05, 4.69) is 19.8 Å². The van der Waals surface area contributed by atoms with Crippen molar-refractivity contribution in [2.45, 2.75) is 199 Å². The zero-order chi connectivity index (χ0) is 65.0. The fourth-order valence-corrected chi connectivity index (χ4v) is 13.5. The number of anilines is 2. The lowest BCUT2D eigenvalue weighted by Gasteiger charge is -2.42. The SMILES string of the molecule is CO[C@H]1C[C@@H]2CC[C@@H](C)[C@@](O)(O2)C(=O)C(=O)N2CCCC[C@H]2C(=O)O[C@H]([C@H](N)C[C@@H]2CC[C@@H](OC(=O)N3CCc4nc(N5CCN(c6ncc(C)cn6)CC5)ncc4C3)[C@H](OC)C2)CC(=O)[C@H](C)/C=C(\C)[C@@H](O)[C@@H](OC)C(=O)[C@H](C)C[C@H](C)/C=C/C=CC=C1C. The molecule has 3 saturated heterocycles. The summed E-state index contributed by atoms with van der Waals surface area (Å²) in [5.41, 5.74) is 11.0. The van der Waals surface area contributed by atoms with E-state index in [1.807, 2.05) is 63.5 Å². The van der Waals surface area contributed by atoms with E-state index < -0.39 is 102 Å². The van der Waals surface area contributed by atoms with Crippen LogP contribution in [0.4, 0.5) is 16.7 Å². The Morgan fingerprint density at radius 1 is 0.789 bits per heavy atom. The molecule has 2 amide bonds. The number of ketones is 3. The highest BCUT2D eigenvalue weighted by atomic mass is 16.6. The van der Waals surface area contributed by atoms with Gasteiger partial charge >= 0.3 is 12.1 Å². The molecule has 7 heterocycles. The Labute approximate surface area is 530 Å². The van der Waals surface area contributed by atoms with E-state index in [4.69, 9.17) is 44.1 Å². The molecule has 1 aliphatic carbocycles. The average molecular weight is 1250 g/mol. The zero-order valence-corrected chi connectivity index (χ0v) is 54.4. The number of cyclic esters (lactones) is 1. The maximum absolute atomic E-state index is 14.7. The molecule has 23 nitrogen and oxygen atoms in total. The average Bonchev–Trinajstić information content (AvgIpc) is 1.00. The van der Waals surface area contributed by atoms with Crippen molar-refractivity contribution in [2.75, 3.05) is 70.4 Å². The van der Waals surface area contributed by atoms with Crippen molar-refractivity contribution in [1.29, 1.82) is 0 Å². The van der Waals surface area contributed by atoms with Gasteiger partial charge in [0.2, 0.25) is 17.7 Å². The Kier molecular flexibility index (Phi) is 24.6. The number of Topliss-reactive ketones (excluding diaryl/α,β-unsaturated/α-hetero) is 3. The summed E-state index contributed by atoms with van der Waals surface area (Å²) < 4.78 is 36.2. The molecule has 15 atom stereocenters. The number of nitrogens with two attached hydrogens (primary N) is 1. The summed E-state index contributed by atoms with van der Waals surface area (Å²) in [6, 6.07) is -2.18. The van der Waals surface area contributed by atoms with Crippen LogP contribution in [0.25, 0.3) is 0 Å². The van der Waals surface area contributed by atoms with Crippen molar-refractivity contribution >= 4 is 47.2 Å². The van der Waals surface area contributed by atoms with Crippen LogP contribution >= 0.6 is 0 Å². The first-order valence-corrected chi connectivity index (χ1v) is 32.3. The van der Waals surface area contributed by atoms with Crippen molar-refractivity contribution < 1.29 is 67.4 Å². The van der Waals surface area contributed by atoms with Crippen LogP contribution in [0.5, 0.6) is 0 Å². The molecule has 23 heteroatoms. The summed E-state index contributed by atoms with van der Waals surface area (Å²) in [4.78, 5) is 112. The molecule has 4 fully saturated rings. The lowest BCUT2D eigenvalue weighted by atomic mass is 9.80. The van der Waals surface area contributed by atoms with E-state index in [9.17, 15) is 39.0 Å². The topological polar surface area (TPSA) is 289 Å². The minimum atomic E-state index is -2.49. The van der Waals surface area contributed by atoms with Gasteiger partial charge in [-0.2, -0.15) is 0 Å². The predicted molar refractivity (Wildman–Crippen MR) is 336 cm³/mol. The van der Waals surface area contributed by atoms with Crippen LogP contribution in [0.1, 0.15) is 135 Å². The first-order chi connectivity index (χ1) is 43.0. The number of rotatable bonds is 9. The van der Waals surface area contributed by atoms with Gasteiger partial charge in [-0.25, -0.2) is 29.5 Å². The van der Waals surface area contributed by atoms with Crippen LogP contribution in [0, 0.1) is 36.5 Å². The number of aliphatic hydroxyl groups is 2. The molecular weight excluding hydrogens is 1150 g/mol. The largest absolute Gasteiger partial charge is 0.459 e. The number of carbonyl (C=O) groups excluding carboxylic acids is 6. The molecule has 6 aliphatic rings. The van der Waals surface area contributed by atoms with Gasteiger partial charge in [0.15, 0.2) is 5.78 Å². The van der Waals surface area contributed by atoms with Gasteiger partial charge in [-0.15, -0.1) is 0 Å². The fourth-order valence-electron chi connectivity index (χ4n) is 13.5. The van der Waals surface area contributed by atoms with Crippen molar-refractivity contribution in [2.24, 2.45) is 35.3 Å². The lowest BCUT2D eigenvalue weighted by Crippen LogP contribution is -2.61. The number of ether oxygens (including phenoxy) is 6. The summed E-state index contributed by atoms with van der Waals surface area (Å²) in [7, 11) is 4.49. The smallest absolute Gasteiger partial charge is 0.410 e. The predicted octanol–water partition coefficient (Wildman–Crippen LogP) is 6.29. The quantitative estimate of drug-likeness (QED) is 0.141. The normalized spacial score (nSPS) is 33.3. The van der Waals surface area contributed by atoms with Crippen LogP contribution in [0.15, 0.2) is 66.2 Å². The first kappa shape index (κ1) is 69.5. The van der Waals surface area contributed by atoms with Gasteiger partial charge in [0.05, 0.1) is 30.6 Å². The number of carbonyl (C=O) groups is 6. The highest BCUT2D eigenvalue weighted by molar-refractivity contribution is 6.39. The number of nitrogens with zero attached hydrogens (tertiary/aromatic N) is 8. The number of aromatic nitrogens is 4. The number of hydrogen-bond donors (Lipinski definition) is 3. The second-order valence-corrected chi connectivity index (χ2v) is 26.0. The summed E-state index contributed by atoms with van der Waals surface area (Å²) in [5.74, 6) is -7.16. The summed E-state index contributed by atoms with van der Waals surface area (Å²) in [6.45, 7) is 16.2. The Balaban J connectivity index is 0.959. The summed E-state index contributed by atoms with van der Waals surface area (Å²) in [6.07, 6.45) is 14.7. The minimum Gasteiger partial charge on any atom is -0.459 e. The van der Waals surface area contributed by atoms with Gasteiger partial charge in [0.25, 0.3) is 11.7 Å². The second-order valence-electron chi connectivity index (χ2n) is 26.0. The molecule has 494 valence electrons. The number of hydrogen-bond acceptors (Lipinski definition) is 21. The number of piperazine rings is 1. The standard InChI is InChI=1S/C67H97N9O14/c1-40-16-12-11-13-17-42(3)55(85-8)34-49-21-19-46(7)67(84,90-49)61(80)62(81)76-24-15-14-18-52(76)63(82)88-56(35-53(77)43(4)31-45(6)59(79)60(87-10)58(78)44(5)30-40)50(68)32-47-20-22-54(57(33-47)86-9)89-66(83)75-25-23-51-48(39-75)38-71-65(72-51)74-28-26-73(27-29-74)64-69-36-41(2)37-70-64/h11-13,16-17,31,36-38,40,43-44,46-47,49-50,52,54-57,59-60,79,84H,14-15,18-30,32-35,39,68H2,1-10H3/b13-11?,16-12+,42-17?,45-31+/t40-,43-,44-,46-,47+,49+,50-,52+,54-,55+,56+,57-,59-,60+,67-/m1/s1. The molecule has 5 aliphatic heterocycles. The second kappa shape index (κ2) is 31.8. The molecule has 0 radical (unpaired) electrons. The molecule has 2 bridgehead atoms. The van der Waals surface area contributed by atoms with E-state index >= 15 is 0 Å². The van der Waals surface area contributed by atoms with Crippen molar-refractivity contribution in [3.63, 3.8) is 0 Å². The molecule has 0 spiro atoms. The molecular formula is C67H97N9O14. The molecule has 1 saturated carbocycles. The van der Waals surface area contributed by atoms with Gasteiger partial charge in [-0.05, 0) is 114 Å². The third kappa shape index (κ3) is 17.2. The van der Waals surface area contributed by atoms with E-state index in [0.29, 0.717) is 94.9 Å². The molecule has 4 N–H and O–H groups in total. The number of methoxy groups -OCH3 is 3. The third-order valence-electron chi connectivity index (χ3n) is 19.2. The number of fused-ring (bicyclic) bond motifs is 4. The zero-order valence-electron chi connectivity index (χ0n) is 54.4. The Bertz CT molecular complexity index is 2950. The Morgan fingerprint density at radius 3 is 2.20 bits per heavy atom. The monoisotopic (exact) mass is 1250 g/mol. The van der Waals surface area contributed by atoms with E-state index in [0.717, 1.165) is 40.4 Å². The van der Waals surface area contributed by atoms with Gasteiger partial charge in [0.1, 0.15) is 36.2 Å². The van der Waals surface area contributed by atoms with Crippen LogP contribution < -0.4 is 15.5 Å². The van der Waals surface area contributed by atoms with Gasteiger partial charge in [-0.3, -0.25) is 19.2 Å². The van der Waals surface area contributed by atoms with Crippen molar-refractivity contribution in [3.05, 3.63) is 83.0 Å². The number of aliphatic hydroxyl groups excluding tert-OH is 1. The molecule has 2 aromatic rings. The van der Waals surface area contributed by atoms with E-state index in [-0.39, 0.29) is 62.2 Å². The molecule has 0 unspecified atom stereocenters. The summed E-state index contributed by atoms with van der Waals surface area (Å²) in [5, 5.41) is 23.7.